The van der Waals surface area contributed by atoms with Crippen LogP contribution in [0.1, 0.15) is 10.6 Å². The first-order valence-corrected chi connectivity index (χ1v) is 7.14. The van der Waals surface area contributed by atoms with Crippen molar-refractivity contribution in [3.8, 4) is 0 Å². The van der Waals surface area contributed by atoms with Gasteiger partial charge in [0.2, 0.25) is 10.0 Å². The maximum atomic E-state index is 11.7. The average molecular weight is 283 g/mol. The fraction of sp³-hybridized carbons (Fsp3) is 0.182. The lowest BCUT2D eigenvalue weighted by molar-refractivity contribution is 0.0930. The number of benzene rings is 1. The molecule has 1 amide bonds. The van der Waals surface area contributed by atoms with Crippen LogP contribution >= 0.6 is 0 Å². The van der Waals surface area contributed by atoms with Gasteiger partial charge in [0.05, 0.1) is 5.75 Å². The Balaban J connectivity index is 2.09. The SMILES string of the molecule is Nc1ccc2oc(C(=O)NCCS(N)(=O)=O)cc2c1. The third-order valence-electron chi connectivity index (χ3n) is 2.44. The number of hydrogen-bond donors (Lipinski definition) is 3. The van der Waals surface area contributed by atoms with Gasteiger partial charge in [0.25, 0.3) is 5.91 Å². The number of rotatable bonds is 4. The Kier molecular flexibility index (Phi) is 3.45. The van der Waals surface area contributed by atoms with E-state index < -0.39 is 15.9 Å². The Morgan fingerprint density at radius 2 is 2.05 bits per heavy atom. The molecule has 0 atom stereocenters. The van der Waals surface area contributed by atoms with Gasteiger partial charge < -0.3 is 15.5 Å². The number of primary sulfonamides is 1. The van der Waals surface area contributed by atoms with E-state index in [1.165, 1.54) is 6.07 Å². The lowest BCUT2D eigenvalue weighted by Gasteiger charge is -2.00. The Bertz CT molecular complexity index is 721. The van der Waals surface area contributed by atoms with Crippen LogP contribution in [0, 0.1) is 0 Å². The fourth-order valence-electron chi connectivity index (χ4n) is 1.57. The minimum atomic E-state index is -3.59. The van der Waals surface area contributed by atoms with Crippen molar-refractivity contribution in [3.05, 3.63) is 30.0 Å². The van der Waals surface area contributed by atoms with Crippen LogP contribution in [0.25, 0.3) is 11.0 Å². The van der Waals surface area contributed by atoms with Gasteiger partial charge in [-0.25, -0.2) is 13.6 Å². The molecule has 0 aliphatic carbocycles. The second-order valence-electron chi connectivity index (χ2n) is 4.03. The van der Waals surface area contributed by atoms with Gasteiger partial charge in [0.1, 0.15) is 5.58 Å². The molecule has 1 heterocycles. The predicted octanol–water partition coefficient (Wildman–Crippen LogP) is 0.0333. The van der Waals surface area contributed by atoms with E-state index in [4.69, 9.17) is 15.3 Å². The number of nitrogen functional groups attached to an aromatic ring is 1. The smallest absolute Gasteiger partial charge is 0.287 e. The maximum absolute atomic E-state index is 11.7. The fourth-order valence-corrected chi connectivity index (χ4v) is 1.95. The highest BCUT2D eigenvalue weighted by molar-refractivity contribution is 7.89. The highest BCUT2D eigenvalue weighted by Crippen LogP contribution is 2.21. The minimum absolute atomic E-state index is 0.0726. The number of nitrogens with two attached hydrogens (primary N) is 2. The van der Waals surface area contributed by atoms with E-state index >= 15 is 0 Å². The Morgan fingerprint density at radius 3 is 2.74 bits per heavy atom. The molecule has 0 saturated heterocycles. The molecule has 0 radical (unpaired) electrons. The zero-order valence-corrected chi connectivity index (χ0v) is 10.7. The summed E-state index contributed by atoms with van der Waals surface area (Å²) in [5.74, 6) is -0.736. The third-order valence-corrected chi connectivity index (χ3v) is 3.21. The van der Waals surface area contributed by atoms with Crippen LogP contribution in [0.3, 0.4) is 0 Å². The highest BCUT2D eigenvalue weighted by atomic mass is 32.2. The molecule has 2 aromatic rings. The van der Waals surface area contributed by atoms with Crippen molar-refractivity contribution in [1.29, 1.82) is 0 Å². The number of anilines is 1. The van der Waals surface area contributed by atoms with Crippen molar-refractivity contribution in [3.63, 3.8) is 0 Å². The summed E-state index contributed by atoms with van der Waals surface area (Å²) in [6.45, 7) is -0.0726. The largest absolute Gasteiger partial charge is 0.451 e. The molecule has 7 nitrogen and oxygen atoms in total. The number of sulfonamides is 1. The van der Waals surface area contributed by atoms with Crippen molar-refractivity contribution in [2.75, 3.05) is 18.0 Å². The van der Waals surface area contributed by atoms with Crippen LogP contribution < -0.4 is 16.2 Å². The van der Waals surface area contributed by atoms with E-state index in [1.807, 2.05) is 0 Å². The van der Waals surface area contributed by atoms with Crippen LogP contribution in [-0.2, 0) is 10.0 Å². The predicted molar refractivity (Wildman–Crippen MR) is 70.9 cm³/mol. The number of carbonyl (C=O) groups is 1. The van der Waals surface area contributed by atoms with Gasteiger partial charge >= 0.3 is 0 Å². The first-order chi connectivity index (χ1) is 8.85. The summed E-state index contributed by atoms with van der Waals surface area (Å²) >= 11 is 0. The van der Waals surface area contributed by atoms with Gasteiger partial charge in [-0.2, -0.15) is 0 Å². The van der Waals surface area contributed by atoms with Crippen molar-refractivity contribution in [2.24, 2.45) is 5.14 Å². The molecule has 102 valence electrons. The topological polar surface area (TPSA) is 128 Å². The average Bonchev–Trinajstić information content (AvgIpc) is 2.70. The second kappa shape index (κ2) is 4.90. The van der Waals surface area contributed by atoms with Crippen molar-refractivity contribution >= 4 is 32.6 Å². The number of fused-ring (bicyclic) bond motifs is 1. The number of furan rings is 1. The minimum Gasteiger partial charge on any atom is -0.451 e. The van der Waals surface area contributed by atoms with Gasteiger partial charge in [-0.15, -0.1) is 0 Å². The summed E-state index contributed by atoms with van der Waals surface area (Å²) in [5, 5.41) is 7.94. The van der Waals surface area contributed by atoms with E-state index in [0.29, 0.717) is 16.7 Å². The molecular weight excluding hydrogens is 270 g/mol. The quantitative estimate of drug-likeness (QED) is 0.682. The Hall–Kier alpha value is -2.06. The summed E-state index contributed by atoms with van der Waals surface area (Å²) in [7, 11) is -3.59. The molecule has 5 N–H and O–H groups in total. The molecule has 2 rings (SSSR count). The molecule has 1 aromatic carbocycles. The summed E-state index contributed by atoms with van der Waals surface area (Å²) in [6.07, 6.45) is 0. The summed E-state index contributed by atoms with van der Waals surface area (Å²) in [4.78, 5) is 11.7. The van der Waals surface area contributed by atoms with Gasteiger partial charge in [-0.3, -0.25) is 4.79 Å². The van der Waals surface area contributed by atoms with Crippen LogP contribution in [-0.4, -0.2) is 26.6 Å². The second-order valence-corrected chi connectivity index (χ2v) is 5.76. The van der Waals surface area contributed by atoms with Crippen LogP contribution in [0.15, 0.2) is 28.7 Å². The van der Waals surface area contributed by atoms with E-state index in [1.54, 1.807) is 18.2 Å². The number of hydrogen-bond acceptors (Lipinski definition) is 5. The first kappa shape index (κ1) is 13.4. The highest BCUT2D eigenvalue weighted by Gasteiger charge is 2.12. The van der Waals surface area contributed by atoms with Gasteiger partial charge in [0.15, 0.2) is 5.76 Å². The molecule has 0 unspecified atom stereocenters. The van der Waals surface area contributed by atoms with E-state index in [2.05, 4.69) is 5.32 Å². The van der Waals surface area contributed by atoms with Gasteiger partial charge in [-0.05, 0) is 24.3 Å². The number of nitrogens with one attached hydrogen (secondary N) is 1. The molecule has 0 bridgehead atoms. The van der Waals surface area contributed by atoms with Crippen molar-refractivity contribution in [1.82, 2.24) is 5.32 Å². The van der Waals surface area contributed by atoms with Crippen molar-refractivity contribution < 1.29 is 17.6 Å². The Labute approximate surface area is 109 Å². The molecule has 0 aliphatic heterocycles. The zero-order chi connectivity index (χ0) is 14.0. The van der Waals surface area contributed by atoms with E-state index in [0.717, 1.165) is 0 Å². The van der Waals surface area contributed by atoms with Crippen LogP contribution in [0.2, 0.25) is 0 Å². The standard InChI is InChI=1S/C11H13N3O4S/c12-8-1-2-9-7(5-8)6-10(18-9)11(15)14-3-4-19(13,16)17/h1-2,5-6H,3-4,12H2,(H,14,15)(H2,13,16,17). The number of carbonyl (C=O) groups excluding carboxylic acids is 1. The summed E-state index contributed by atoms with van der Waals surface area (Å²) in [6, 6.07) is 6.54. The van der Waals surface area contributed by atoms with E-state index in [9.17, 15) is 13.2 Å². The zero-order valence-electron chi connectivity index (χ0n) is 9.92. The lowest BCUT2D eigenvalue weighted by atomic mass is 10.2. The van der Waals surface area contributed by atoms with Crippen molar-refractivity contribution in [2.45, 2.75) is 0 Å². The molecule has 0 aliphatic rings. The molecular formula is C11H13N3O4S. The molecule has 0 spiro atoms. The summed E-state index contributed by atoms with van der Waals surface area (Å²) < 4.78 is 26.8. The van der Waals surface area contributed by atoms with Crippen LogP contribution in [0.4, 0.5) is 5.69 Å². The Morgan fingerprint density at radius 1 is 1.32 bits per heavy atom. The molecule has 0 fully saturated rings. The molecule has 1 aromatic heterocycles. The monoisotopic (exact) mass is 283 g/mol. The molecule has 19 heavy (non-hydrogen) atoms. The van der Waals surface area contributed by atoms with Gasteiger partial charge in [0, 0.05) is 17.6 Å². The summed E-state index contributed by atoms with van der Waals surface area (Å²) in [5.41, 5.74) is 6.71. The third kappa shape index (κ3) is 3.46. The van der Waals surface area contributed by atoms with E-state index in [-0.39, 0.29) is 18.1 Å². The lowest BCUT2D eigenvalue weighted by Crippen LogP contribution is -2.31. The molecule has 8 heteroatoms. The normalized spacial score (nSPS) is 11.6. The van der Waals surface area contributed by atoms with Crippen LogP contribution in [0.5, 0.6) is 0 Å². The van der Waals surface area contributed by atoms with Gasteiger partial charge in [-0.1, -0.05) is 0 Å². The first-order valence-electron chi connectivity index (χ1n) is 5.43. The number of amides is 1. The molecule has 0 saturated carbocycles. The maximum Gasteiger partial charge on any atom is 0.287 e.